The standard InChI is InChI=1S/C10H19F3N2O3/c1-7(15-17-6-10(11,12)13)5-14-8(16)18-9(2,3)4/h7,15H,5-6H2,1-4H3,(H,14,16). The highest BCUT2D eigenvalue weighted by Crippen LogP contribution is 2.13. The Morgan fingerprint density at radius 1 is 1.28 bits per heavy atom. The Morgan fingerprint density at radius 2 is 1.83 bits per heavy atom. The van der Waals surface area contributed by atoms with Crippen molar-refractivity contribution >= 4 is 6.09 Å². The lowest BCUT2D eigenvalue weighted by molar-refractivity contribution is -0.192. The number of carbonyl (C=O) groups excluding carboxylic acids is 1. The average Bonchev–Trinajstić information content (AvgIpc) is 2.09. The first-order valence-corrected chi connectivity index (χ1v) is 5.40. The molecular formula is C10H19F3N2O3. The molecule has 2 N–H and O–H groups in total. The lowest BCUT2D eigenvalue weighted by Crippen LogP contribution is -2.42. The number of hydrogen-bond acceptors (Lipinski definition) is 4. The van der Waals surface area contributed by atoms with E-state index < -0.39 is 30.5 Å². The molecule has 0 aliphatic rings. The molecule has 0 saturated heterocycles. The molecule has 0 aliphatic carbocycles. The number of alkyl halides is 3. The van der Waals surface area contributed by atoms with E-state index in [1.165, 1.54) is 0 Å². The predicted octanol–water partition coefficient (Wildman–Crippen LogP) is 1.98. The second-order valence-electron chi connectivity index (χ2n) is 4.81. The maximum Gasteiger partial charge on any atom is 0.413 e. The third-order valence-corrected chi connectivity index (χ3v) is 1.47. The summed E-state index contributed by atoms with van der Waals surface area (Å²) in [4.78, 5) is 15.4. The van der Waals surface area contributed by atoms with E-state index in [0.29, 0.717) is 0 Å². The Bertz CT molecular complexity index is 264. The SMILES string of the molecule is CC(CNC(=O)OC(C)(C)C)NOCC(F)(F)F. The monoisotopic (exact) mass is 272 g/mol. The summed E-state index contributed by atoms with van der Waals surface area (Å²) in [6.07, 6.45) is -5.02. The van der Waals surface area contributed by atoms with Gasteiger partial charge >= 0.3 is 12.3 Å². The molecule has 0 aliphatic heterocycles. The van der Waals surface area contributed by atoms with Gasteiger partial charge in [0, 0.05) is 12.6 Å². The summed E-state index contributed by atoms with van der Waals surface area (Å²) in [5.74, 6) is 0. The van der Waals surface area contributed by atoms with Crippen LogP contribution in [0.25, 0.3) is 0 Å². The number of amides is 1. The van der Waals surface area contributed by atoms with E-state index >= 15 is 0 Å². The van der Waals surface area contributed by atoms with Gasteiger partial charge in [0.2, 0.25) is 0 Å². The highest BCUT2D eigenvalue weighted by atomic mass is 19.4. The first-order chi connectivity index (χ1) is 7.99. The van der Waals surface area contributed by atoms with Crippen molar-refractivity contribution in [3.63, 3.8) is 0 Å². The molecule has 0 saturated carbocycles. The van der Waals surface area contributed by atoms with Crippen LogP contribution in [0, 0.1) is 0 Å². The van der Waals surface area contributed by atoms with Crippen LogP contribution in [0.2, 0.25) is 0 Å². The van der Waals surface area contributed by atoms with Crippen LogP contribution in [0.5, 0.6) is 0 Å². The molecule has 0 aromatic heterocycles. The van der Waals surface area contributed by atoms with Crippen molar-refractivity contribution in [1.82, 2.24) is 10.8 Å². The van der Waals surface area contributed by atoms with Crippen molar-refractivity contribution in [2.75, 3.05) is 13.2 Å². The van der Waals surface area contributed by atoms with Gasteiger partial charge in [0.1, 0.15) is 5.60 Å². The quantitative estimate of drug-likeness (QED) is 0.751. The van der Waals surface area contributed by atoms with E-state index in [-0.39, 0.29) is 6.54 Å². The minimum atomic E-state index is -4.38. The van der Waals surface area contributed by atoms with Crippen LogP contribution in [0.15, 0.2) is 0 Å². The lowest BCUT2D eigenvalue weighted by Gasteiger charge is -2.21. The number of halogens is 3. The van der Waals surface area contributed by atoms with Crippen molar-refractivity contribution < 1.29 is 27.5 Å². The van der Waals surface area contributed by atoms with Gasteiger partial charge in [-0.15, -0.1) is 0 Å². The summed E-state index contributed by atoms with van der Waals surface area (Å²) in [6, 6.07) is -0.472. The Hall–Kier alpha value is -1.02. The summed E-state index contributed by atoms with van der Waals surface area (Å²) < 4.78 is 40.2. The molecule has 0 radical (unpaired) electrons. The van der Waals surface area contributed by atoms with Crippen molar-refractivity contribution in [2.45, 2.75) is 45.5 Å². The summed E-state index contributed by atoms with van der Waals surface area (Å²) in [5, 5.41) is 2.40. The third kappa shape index (κ3) is 11.5. The van der Waals surface area contributed by atoms with E-state index in [4.69, 9.17) is 4.74 Å². The number of rotatable bonds is 5. The van der Waals surface area contributed by atoms with Crippen molar-refractivity contribution in [1.29, 1.82) is 0 Å². The van der Waals surface area contributed by atoms with Crippen molar-refractivity contribution in [2.24, 2.45) is 0 Å². The number of nitrogens with one attached hydrogen (secondary N) is 2. The van der Waals surface area contributed by atoms with Crippen LogP contribution in [-0.4, -0.2) is 37.1 Å². The zero-order valence-corrected chi connectivity index (χ0v) is 10.9. The number of hydroxylamine groups is 1. The molecule has 0 aromatic carbocycles. The molecule has 5 nitrogen and oxygen atoms in total. The van der Waals surface area contributed by atoms with Crippen LogP contribution in [0.4, 0.5) is 18.0 Å². The number of hydrogen-bond donors (Lipinski definition) is 2. The fourth-order valence-electron chi connectivity index (χ4n) is 0.858. The Balaban J connectivity index is 3.71. The van der Waals surface area contributed by atoms with E-state index in [9.17, 15) is 18.0 Å². The van der Waals surface area contributed by atoms with E-state index in [2.05, 4.69) is 15.6 Å². The highest BCUT2D eigenvalue weighted by Gasteiger charge is 2.28. The topological polar surface area (TPSA) is 59.6 Å². The van der Waals surface area contributed by atoms with Crippen molar-refractivity contribution in [3.8, 4) is 0 Å². The smallest absolute Gasteiger partial charge is 0.413 e. The van der Waals surface area contributed by atoms with E-state index in [0.717, 1.165) is 0 Å². The molecule has 1 amide bonds. The highest BCUT2D eigenvalue weighted by molar-refractivity contribution is 5.67. The van der Waals surface area contributed by atoms with Crippen LogP contribution < -0.4 is 10.8 Å². The van der Waals surface area contributed by atoms with Gasteiger partial charge in [0.15, 0.2) is 6.61 Å². The summed E-state index contributed by atoms with van der Waals surface area (Å²) >= 11 is 0. The molecule has 0 fully saturated rings. The van der Waals surface area contributed by atoms with Gasteiger partial charge in [0.25, 0.3) is 0 Å². The zero-order valence-electron chi connectivity index (χ0n) is 10.9. The molecule has 1 atom stereocenters. The minimum absolute atomic E-state index is 0.0901. The molecule has 0 spiro atoms. The van der Waals surface area contributed by atoms with Gasteiger partial charge in [-0.1, -0.05) is 0 Å². The molecular weight excluding hydrogens is 253 g/mol. The molecule has 8 heteroatoms. The summed E-state index contributed by atoms with van der Waals surface area (Å²) in [5.41, 5.74) is 1.55. The minimum Gasteiger partial charge on any atom is -0.444 e. The molecule has 18 heavy (non-hydrogen) atoms. The Morgan fingerprint density at radius 3 is 2.28 bits per heavy atom. The number of alkyl carbamates (subject to hydrolysis) is 1. The molecule has 0 aromatic rings. The van der Waals surface area contributed by atoms with Gasteiger partial charge in [-0.3, -0.25) is 4.84 Å². The van der Waals surface area contributed by atoms with E-state index in [1.807, 2.05) is 0 Å². The Kier molecular flexibility index (Phi) is 6.41. The van der Waals surface area contributed by atoms with Crippen LogP contribution in [0.3, 0.4) is 0 Å². The van der Waals surface area contributed by atoms with Crippen molar-refractivity contribution in [3.05, 3.63) is 0 Å². The Labute approximate surface area is 104 Å². The maximum absolute atomic E-state index is 11.8. The first kappa shape index (κ1) is 17.0. The maximum atomic E-state index is 11.8. The van der Waals surface area contributed by atoms with Gasteiger partial charge < -0.3 is 10.1 Å². The molecule has 108 valence electrons. The fraction of sp³-hybridized carbons (Fsp3) is 0.900. The van der Waals surface area contributed by atoms with Crippen LogP contribution in [-0.2, 0) is 9.57 Å². The summed E-state index contributed by atoms with van der Waals surface area (Å²) in [6.45, 7) is 5.40. The van der Waals surface area contributed by atoms with E-state index in [1.54, 1.807) is 27.7 Å². The predicted molar refractivity (Wildman–Crippen MR) is 58.8 cm³/mol. The van der Waals surface area contributed by atoms with Crippen LogP contribution in [0.1, 0.15) is 27.7 Å². The fourth-order valence-corrected chi connectivity index (χ4v) is 0.858. The average molecular weight is 272 g/mol. The largest absolute Gasteiger partial charge is 0.444 e. The number of carbonyl (C=O) groups is 1. The second-order valence-corrected chi connectivity index (χ2v) is 4.81. The van der Waals surface area contributed by atoms with Gasteiger partial charge in [-0.25, -0.2) is 4.79 Å². The van der Waals surface area contributed by atoms with Gasteiger partial charge in [-0.05, 0) is 27.7 Å². The molecule has 0 rings (SSSR count). The third-order valence-electron chi connectivity index (χ3n) is 1.47. The number of ether oxygens (including phenoxy) is 1. The molecule has 0 heterocycles. The van der Waals surface area contributed by atoms with Crippen LogP contribution >= 0.6 is 0 Å². The van der Waals surface area contributed by atoms with Gasteiger partial charge in [-0.2, -0.15) is 18.7 Å². The second kappa shape index (κ2) is 6.79. The normalized spacial score (nSPS) is 14.2. The zero-order chi connectivity index (χ0) is 14.4. The summed E-state index contributed by atoms with van der Waals surface area (Å²) in [7, 11) is 0. The van der Waals surface area contributed by atoms with Gasteiger partial charge in [0.05, 0.1) is 0 Å². The lowest BCUT2D eigenvalue weighted by atomic mass is 10.2. The molecule has 1 unspecified atom stereocenters. The molecule has 0 bridgehead atoms. The first-order valence-electron chi connectivity index (χ1n) is 5.40.